The topological polar surface area (TPSA) is 72.9 Å². The molecule has 1 atom stereocenters. The number of nitrogens with zero attached hydrogens (tertiary/aromatic N) is 1. The number of ether oxygens (including phenoxy) is 2. The Hall–Kier alpha value is -2.22. The number of hydrogen-bond acceptors (Lipinski definition) is 5. The van der Waals surface area contributed by atoms with E-state index < -0.39 is 16.0 Å². The molecule has 0 bridgehead atoms. The average molecular weight is 387 g/mol. The summed E-state index contributed by atoms with van der Waals surface area (Å²) in [6.45, 7) is 1.38. The lowest BCUT2D eigenvalue weighted by Gasteiger charge is -2.26. The van der Waals surface area contributed by atoms with E-state index in [1.54, 1.807) is 12.1 Å². The molecule has 1 heterocycles. The molecule has 0 aromatic heterocycles. The third-order valence-electron chi connectivity index (χ3n) is 5.00. The molecule has 0 N–H and O–H groups in total. The standard InChI is InChI=1S/C20H21NO5S/c22-20(26-19-9-8-15-4-1-2-7-18(15)19)16-5-3-6-17(14-16)27(23,24)21-10-12-25-13-11-21/h1-7,14,19H,8-13H2/t19-/m0/s1. The molecule has 1 aliphatic carbocycles. The fourth-order valence-corrected chi connectivity index (χ4v) is 5.01. The maximum Gasteiger partial charge on any atom is 0.338 e. The summed E-state index contributed by atoms with van der Waals surface area (Å²) >= 11 is 0. The SMILES string of the molecule is O=C(O[C@H]1CCc2ccccc21)c1cccc(S(=O)(=O)N2CCOCC2)c1. The summed E-state index contributed by atoms with van der Waals surface area (Å²) in [7, 11) is -3.65. The van der Waals surface area contributed by atoms with Gasteiger partial charge in [0.15, 0.2) is 0 Å². The van der Waals surface area contributed by atoms with Crippen LogP contribution in [0.15, 0.2) is 53.4 Å². The Morgan fingerprint density at radius 1 is 1.07 bits per heavy atom. The van der Waals surface area contributed by atoms with Gasteiger partial charge < -0.3 is 9.47 Å². The third kappa shape index (κ3) is 3.63. The molecular weight excluding hydrogens is 366 g/mol. The van der Waals surface area contributed by atoms with Gasteiger partial charge in [-0.25, -0.2) is 13.2 Å². The van der Waals surface area contributed by atoms with Crippen LogP contribution in [-0.2, 0) is 25.9 Å². The number of aryl methyl sites for hydroxylation is 1. The molecule has 0 saturated carbocycles. The van der Waals surface area contributed by atoms with Gasteiger partial charge in [-0.2, -0.15) is 4.31 Å². The van der Waals surface area contributed by atoms with Crippen LogP contribution in [0.4, 0.5) is 0 Å². The lowest BCUT2D eigenvalue weighted by Crippen LogP contribution is -2.40. The highest BCUT2D eigenvalue weighted by molar-refractivity contribution is 7.89. The van der Waals surface area contributed by atoms with Gasteiger partial charge in [0.25, 0.3) is 0 Å². The Morgan fingerprint density at radius 3 is 2.67 bits per heavy atom. The van der Waals surface area contributed by atoms with Crippen LogP contribution in [0, 0.1) is 0 Å². The molecule has 1 fully saturated rings. The number of sulfonamides is 1. The lowest BCUT2D eigenvalue weighted by molar-refractivity contribution is 0.0301. The van der Waals surface area contributed by atoms with Crippen LogP contribution in [0.25, 0.3) is 0 Å². The van der Waals surface area contributed by atoms with E-state index in [4.69, 9.17) is 9.47 Å². The van der Waals surface area contributed by atoms with Crippen molar-refractivity contribution in [2.45, 2.75) is 23.8 Å². The third-order valence-corrected chi connectivity index (χ3v) is 6.90. The van der Waals surface area contributed by atoms with Gasteiger partial charge in [-0.3, -0.25) is 0 Å². The molecule has 0 amide bonds. The summed E-state index contributed by atoms with van der Waals surface area (Å²) in [4.78, 5) is 12.7. The first-order chi connectivity index (χ1) is 13.1. The normalized spacial score (nSPS) is 20.2. The molecule has 1 aliphatic heterocycles. The highest BCUT2D eigenvalue weighted by Crippen LogP contribution is 2.34. The van der Waals surface area contributed by atoms with E-state index in [1.165, 1.54) is 22.0 Å². The minimum Gasteiger partial charge on any atom is -0.454 e. The molecule has 6 nitrogen and oxygen atoms in total. The van der Waals surface area contributed by atoms with Crippen LogP contribution in [-0.4, -0.2) is 45.0 Å². The molecule has 0 unspecified atom stereocenters. The fourth-order valence-electron chi connectivity index (χ4n) is 3.56. The van der Waals surface area contributed by atoms with Gasteiger partial charge in [-0.1, -0.05) is 30.3 Å². The number of carbonyl (C=O) groups is 1. The van der Waals surface area contributed by atoms with Crippen molar-refractivity contribution in [1.82, 2.24) is 4.31 Å². The van der Waals surface area contributed by atoms with Crippen LogP contribution in [0.1, 0.15) is 34.0 Å². The highest BCUT2D eigenvalue weighted by Gasteiger charge is 2.29. The van der Waals surface area contributed by atoms with E-state index in [2.05, 4.69) is 0 Å². The zero-order valence-corrected chi connectivity index (χ0v) is 15.7. The summed E-state index contributed by atoms with van der Waals surface area (Å²) in [6.07, 6.45) is 1.34. The zero-order valence-electron chi connectivity index (χ0n) is 14.8. The quantitative estimate of drug-likeness (QED) is 0.754. The van der Waals surface area contributed by atoms with E-state index in [-0.39, 0.29) is 16.6 Å². The van der Waals surface area contributed by atoms with Crippen molar-refractivity contribution in [3.63, 3.8) is 0 Å². The fraction of sp³-hybridized carbons (Fsp3) is 0.350. The van der Waals surface area contributed by atoms with Crippen molar-refractivity contribution in [1.29, 1.82) is 0 Å². The summed E-state index contributed by atoms with van der Waals surface area (Å²) in [5, 5.41) is 0. The van der Waals surface area contributed by atoms with Crippen LogP contribution in [0.3, 0.4) is 0 Å². The molecular formula is C20H21NO5S. The highest BCUT2D eigenvalue weighted by atomic mass is 32.2. The second kappa shape index (κ2) is 7.42. The predicted octanol–water partition coefficient (Wildman–Crippen LogP) is 2.55. The van der Waals surface area contributed by atoms with Crippen molar-refractivity contribution >= 4 is 16.0 Å². The monoisotopic (exact) mass is 387 g/mol. The van der Waals surface area contributed by atoms with Gasteiger partial charge in [0.1, 0.15) is 6.10 Å². The number of morpholine rings is 1. The van der Waals surface area contributed by atoms with Gasteiger partial charge in [0.2, 0.25) is 10.0 Å². The van der Waals surface area contributed by atoms with Crippen molar-refractivity contribution in [3.05, 3.63) is 65.2 Å². The van der Waals surface area contributed by atoms with Crippen molar-refractivity contribution in [3.8, 4) is 0 Å². The van der Waals surface area contributed by atoms with Crippen molar-refractivity contribution < 1.29 is 22.7 Å². The van der Waals surface area contributed by atoms with Crippen LogP contribution in [0.5, 0.6) is 0 Å². The smallest absolute Gasteiger partial charge is 0.338 e. The molecule has 7 heteroatoms. The molecule has 1 saturated heterocycles. The number of carbonyl (C=O) groups excluding carboxylic acids is 1. The number of fused-ring (bicyclic) bond motifs is 1. The van der Waals surface area contributed by atoms with Gasteiger partial charge in [-0.15, -0.1) is 0 Å². The first-order valence-electron chi connectivity index (χ1n) is 9.02. The van der Waals surface area contributed by atoms with Crippen LogP contribution >= 0.6 is 0 Å². The largest absolute Gasteiger partial charge is 0.454 e. The molecule has 27 heavy (non-hydrogen) atoms. The summed E-state index contributed by atoms with van der Waals surface area (Å²) in [5.41, 5.74) is 2.47. The Balaban J connectivity index is 1.53. The molecule has 2 aliphatic rings. The summed E-state index contributed by atoms with van der Waals surface area (Å²) in [5.74, 6) is -0.504. The molecule has 4 rings (SSSR count). The van der Waals surface area contributed by atoms with E-state index >= 15 is 0 Å². The van der Waals surface area contributed by atoms with Gasteiger partial charge >= 0.3 is 5.97 Å². The zero-order chi connectivity index (χ0) is 18.9. The van der Waals surface area contributed by atoms with Crippen molar-refractivity contribution in [2.24, 2.45) is 0 Å². The molecule has 142 valence electrons. The van der Waals surface area contributed by atoms with Gasteiger partial charge in [0, 0.05) is 13.1 Å². The van der Waals surface area contributed by atoms with E-state index in [1.807, 2.05) is 24.3 Å². The van der Waals surface area contributed by atoms with Crippen molar-refractivity contribution in [2.75, 3.05) is 26.3 Å². The van der Waals surface area contributed by atoms with Crippen LogP contribution in [0.2, 0.25) is 0 Å². The minimum absolute atomic E-state index is 0.102. The lowest BCUT2D eigenvalue weighted by atomic mass is 10.1. The Bertz CT molecular complexity index is 950. The Labute approximate surface area is 158 Å². The number of hydrogen-bond donors (Lipinski definition) is 0. The van der Waals surface area contributed by atoms with Gasteiger partial charge in [0.05, 0.1) is 23.7 Å². The maximum absolute atomic E-state index is 12.8. The molecule has 2 aromatic carbocycles. The van der Waals surface area contributed by atoms with E-state index in [0.717, 1.165) is 18.4 Å². The second-order valence-corrected chi connectivity index (χ2v) is 8.61. The van der Waals surface area contributed by atoms with Crippen LogP contribution < -0.4 is 0 Å². The number of rotatable bonds is 4. The molecule has 0 radical (unpaired) electrons. The first-order valence-corrected chi connectivity index (χ1v) is 10.5. The first kappa shape index (κ1) is 18.2. The number of benzene rings is 2. The maximum atomic E-state index is 12.8. The second-order valence-electron chi connectivity index (χ2n) is 6.68. The summed E-state index contributed by atoms with van der Waals surface area (Å²) in [6, 6.07) is 14.0. The molecule has 0 spiro atoms. The van der Waals surface area contributed by atoms with Gasteiger partial charge in [-0.05, 0) is 42.2 Å². The molecule has 2 aromatic rings. The van der Waals surface area contributed by atoms with E-state index in [9.17, 15) is 13.2 Å². The van der Waals surface area contributed by atoms with E-state index in [0.29, 0.717) is 26.3 Å². The average Bonchev–Trinajstić information content (AvgIpc) is 3.12. The Kier molecular flexibility index (Phi) is 4.99. The Morgan fingerprint density at radius 2 is 1.85 bits per heavy atom. The minimum atomic E-state index is -3.65. The summed E-state index contributed by atoms with van der Waals surface area (Å²) < 4.78 is 37.8. The number of esters is 1. The predicted molar refractivity (Wildman–Crippen MR) is 98.9 cm³/mol.